The Morgan fingerprint density at radius 3 is 2.55 bits per heavy atom. The Labute approximate surface area is 81.8 Å². The number of allylic oxidation sites excluding steroid dienone is 4. The molecule has 0 aliphatic heterocycles. The zero-order chi connectivity index (χ0) is 7.61. The molecule has 64 valence electrons. The van der Waals surface area contributed by atoms with Gasteiger partial charge in [-0.3, -0.25) is 6.29 Å². The topological polar surface area (TPSA) is 17.1 Å². The first-order chi connectivity index (χ1) is 4.67. The van der Waals surface area contributed by atoms with Gasteiger partial charge in [-0.1, -0.05) is 37.6 Å². The Kier molecular flexibility index (Phi) is 3.95. The van der Waals surface area contributed by atoms with Crippen LogP contribution in [0.5, 0.6) is 0 Å². The molecule has 0 heterocycles. The zero-order valence-corrected chi connectivity index (χ0v) is 8.94. The van der Waals surface area contributed by atoms with Gasteiger partial charge in [-0.15, -0.1) is 5.41 Å². The summed E-state index contributed by atoms with van der Waals surface area (Å²) in [5.41, 5.74) is 0.770. The number of hydrogen-bond donors (Lipinski definition) is 0. The molecule has 0 unspecified atom stereocenters. The third-order valence-electron chi connectivity index (χ3n) is 1.83. The van der Waals surface area contributed by atoms with E-state index >= 15 is 0 Å². The molecule has 1 aliphatic carbocycles. The molecule has 0 saturated heterocycles. The Bertz CT molecular complexity index is 202. The van der Waals surface area contributed by atoms with Crippen LogP contribution in [0.3, 0.4) is 0 Å². The molecule has 2 heteroatoms. The largest absolute Gasteiger partial charge is 0.541 e. The van der Waals surface area contributed by atoms with E-state index in [1.165, 1.54) is 0 Å². The first-order valence-electron chi connectivity index (χ1n) is 3.42. The van der Waals surface area contributed by atoms with Crippen LogP contribution in [0.15, 0.2) is 23.8 Å². The fraction of sp³-hybridized carbons (Fsp3) is 0.444. The monoisotopic (exact) mass is 330 g/mol. The maximum Gasteiger partial charge on any atom is 0 e. The van der Waals surface area contributed by atoms with Crippen molar-refractivity contribution >= 4 is 6.29 Å². The van der Waals surface area contributed by atoms with Crippen molar-refractivity contribution in [3.05, 3.63) is 23.8 Å². The van der Waals surface area contributed by atoms with Crippen LogP contribution in [-0.2, 0) is 25.9 Å². The maximum atomic E-state index is 10.4. The van der Waals surface area contributed by atoms with Crippen molar-refractivity contribution in [3.63, 3.8) is 0 Å². The van der Waals surface area contributed by atoms with Crippen molar-refractivity contribution in [2.45, 2.75) is 20.3 Å². The van der Waals surface area contributed by atoms with E-state index in [1.807, 2.05) is 32.3 Å². The average molecular weight is 330 g/mol. The fourth-order valence-corrected chi connectivity index (χ4v) is 0.976. The van der Waals surface area contributed by atoms with Gasteiger partial charge in [0.1, 0.15) is 0 Å². The van der Waals surface area contributed by atoms with E-state index < -0.39 is 0 Å². The summed E-state index contributed by atoms with van der Waals surface area (Å²) in [6, 6.07) is 0. The van der Waals surface area contributed by atoms with Gasteiger partial charge in [-0.25, -0.2) is 0 Å². The third kappa shape index (κ3) is 2.41. The normalized spacial score (nSPS) is 15.6. The quantitative estimate of drug-likeness (QED) is 0.708. The molecule has 0 aromatic heterocycles. The number of carbonyl (C=O) groups excluding carboxylic acids is 1. The molecule has 0 N–H and O–H groups in total. The van der Waals surface area contributed by atoms with Crippen molar-refractivity contribution in [2.75, 3.05) is 0 Å². The minimum absolute atomic E-state index is 0. The molecule has 0 bridgehead atoms. The van der Waals surface area contributed by atoms with Gasteiger partial charge < -0.3 is 4.79 Å². The smallest absolute Gasteiger partial charge is 0 e. The van der Waals surface area contributed by atoms with Crippen LogP contribution in [0, 0.1) is 5.41 Å². The van der Waals surface area contributed by atoms with Crippen molar-refractivity contribution in [1.29, 1.82) is 0 Å². The summed E-state index contributed by atoms with van der Waals surface area (Å²) in [5, 5.41) is 0. The van der Waals surface area contributed by atoms with E-state index in [0.29, 0.717) is 0 Å². The fourth-order valence-electron chi connectivity index (χ4n) is 0.976. The van der Waals surface area contributed by atoms with Crippen LogP contribution < -0.4 is 0 Å². The summed E-state index contributed by atoms with van der Waals surface area (Å²) in [5.74, 6) is 0. The van der Waals surface area contributed by atoms with Crippen LogP contribution in [0.25, 0.3) is 0 Å². The second kappa shape index (κ2) is 4.01. The van der Waals surface area contributed by atoms with Gasteiger partial charge in [-0.05, 0) is 6.42 Å². The minimum atomic E-state index is -0.385. The minimum Gasteiger partial charge on any atom is -0.541 e. The van der Waals surface area contributed by atoms with Crippen LogP contribution in [0.1, 0.15) is 20.3 Å². The van der Waals surface area contributed by atoms with E-state index in [1.54, 1.807) is 0 Å². The molecule has 1 nitrogen and oxygen atoms in total. The number of hydrogen-bond acceptors (Lipinski definition) is 1. The van der Waals surface area contributed by atoms with Crippen LogP contribution in [-0.4, -0.2) is 6.29 Å². The summed E-state index contributed by atoms with van der Waals surface area (Å²) < 4.78 is 0. The molecule has 0 fully saturated rings. The average Bonchev–Trinajstić information content (AvgIpc) is 2.38. The Hall–Kier alpha value is -0.162. The van der Waals surface area contributed by atoms with E-state index in [2.05, 4.69) is 6.08 Å². The van der Waals surface area contributed by atoms with Crippen molar-refractivity contribution < 1.29 is 25.9 Å². The Morgan fingerprint density at radius 2 is 2.18 bits per heavy atom. The molecule has 11 heavy (non-hydrogen) atoms. The Balaban J connectivity index is 0.000001000. The summed E-state index contributed by atoms with van der Waals surface area (Å²) >= 11 is 0. The molecular formula is C9H11OPt-. The van der Waals surface area contributed by atoms with Gasteiger partial charge in [0.05, 0.1) is 0 Å². The van der Waals surface area contributed by atoms with Gasteiger partial charge in [0, 0.05) is 21.1 Å². The summed E-state index contributed by atoms with van der Waals surface area (Å²) in [6.07, 6.45) is 8.95. The summed E-state index contributed by atoms with van der Waals surface area (Å²) in [4.78, 5) is 10.4. The molecule has 0 amide bonds. The first-order valence-corrected chi connectivity index (χ1v) is 3.42. The number of rotatable bonds is 2. The zero-order valence-electron chi connectivity index (χ0n) is 6.66. The second-order valence-corrected chi connectivity index (χ2v) is 3.05. The third-order valence-corrected chi connectivity index (χ3v) is 1.83. The molecule has 1 rings (SSSR count). The van der Waals surface area contributed by atoms with Gasteiger partial charge in [0.25, 0.3) is 0 Å². The van der Waals surface area contributed by atoms with Gasteiger partial charge >= 0.3 is 0 Å². The first kappa shape index (κ1) is 10.8. The summed E-state index contributed by atoms with van der Waals surface area (Å²) in [7, 11) is 0. The molecule has 0 aromatic rings. The molecule has 0 radical (unpaired) electrons. The van der Waals surface area contributed by atoms with Crippen molar-refractivity contribution in [3.8, 4) is 0 Å². The summed E-state index contributed by atoms with van der Waals surface area (Å²) in [6.45, 7) is 3.78. The van der Waals surface area contributed by atoms with E-state index in [0.717, 1.165) is 12.0 Å². The van der Waals surface area contributed by atoms with Crippen molar-refractivity contribution in [1.82, 2.24) is 0 Å². The molecule has 0 spiro atoms. The predicted octanol–water partition coefficient (Wildman–Crippen LogP) is 2.01. The SMILES string of the molecule is CC(C)([C-]=O)C1=CC=CC1.[Pt]. The van der Waals surface area contributed by atoms with Crippen LogP contribution >= 0.6 is 0 Å². The van der Waals surface area contributed by atoms with Crippen LogP contribution in [0.2, 0.25) is 0 Å². The molecule has 0 atom stereocenters. The maximum absolute atomic E-state index is 10.4. The molecular weight excluding hydrogens is 319 g/mol. The standard InChI is InChI=1S/C9H11O.Pt/c1-9(2,7-10)8-5-3-4-6-8;/h3-5H,6H2,1-2H3;/q-1;. The molecule has 0 saturated carbocycles. The van der Waals surface area contributed by atoms with E-state index in [4.69, 9.17) is 0 Å². The van der Waals surface area contributed by atoms with Crippen LogP contribution in [0.4, 0.5) is 0 Å². The Morgan fingerprint density at radius 1 is 1.55 bits per heavy atom. The second-order valence-electron chi connectivity index (χ2n) is 3.05. The van der Waals surface area contributed by atoms with E-state index in [9.17, 15) is 4.79 Å². The van der Waals surface area contributed by atoms with Crippen molar-refractivity contribution in [2.24, 2.45) is 5.41 Å². The van der Waals surface area contributed by atoms with Gasteiger partial charge in [0.2, 0.25) is 0 Å². The van der Waals surface area contributed by atoms with Gasteiger partial charge in [0.15, 0.2) is 0 Å². The predicted molar refractivity (Wildman–Crippen MR) is 41.3 cm³/mol. The molecule has 0 aromatic carbocycles. The molecule has 1 aliphatic rings. The van der Waals surface area contributed by atoms with E-state index in [-0.39, 0.29) is 26.5 Å². The van der Waals surface area contributed by atoms with Gasteiger partial charge in [-0.2, -0.15) is 0 Å².